The van der Waals surface area contributed by atoms with E-state index >= 15 is 0 Å². The topological polar surface area (TPSA) is 17.1 Å². The Morgan fingerprint density at radius 1 is 0.875 bits per heavy atom. The van der Waals surface area contributed by atoms with Gasteiger partial charge in [0.25, 0.3) is 0 Å². The van der Waals surface area contributed by atoms with Crippen LogP contribution in [0.15, 0.2) is 0 Å². The number of unbranched alkanes of at least 4 members (excludes halogenated alkanes) is 3. The number of ketones is 1. The minimum atomic E-state index is -2.20. The van der Waals surface area contributed by atoms with Crippen LogP contribution >= 0.6 is 0 Å². The fourth-order valence-electron chi connectivity index (χ4n) is 5.82. The maximum absolute atomic E-state index is 13.1. The Bertz CT molecular complexity index is 362. The zero-order valence-electron chi connectivity index (χ0n) is 16.8. The molecule has 2 rings (SSSR count). The second-order valence-corrected chi connectivity index (χ2v) is 23.4. The van der Waals surface area contributed by atoms with Gasteiger partial charge in [-0.05, 0) is 0 Å². The normalized spacial score (nSPS) is 24.0. The Hall–Kier alpha value is 0.469. The third-order valence-electron chi connectivity index (χ3n) is 7.42. The van der Waals surface area contributed by atoms with Gasteiger partial charge in [0.05, 0.1) is 0 Å². The number of hydrogen-bond donors (Lipinski definition) is 0. The van der Waals surface area contributed by atoms with Crippen LogP contribution < -0.4 is 0 Å². The van der Waals surface area contributed by atoms with Gasteiger partial charge in [-0.15, -0.1) is 0 Å². The zero-order valence-corrected chi connectivity index (χ0v) is 19.7. The molecular formula is C22H42OSn. The summed E-state index contributed by atoms with van der Waals surface area (Å²) >= 11 is -2.20. The van der Waals surface area contributed by atoms with Crippen molar-refractivity contribution in [3.05, 3.63) is 0 Å². The molecular weight excluding hydrogens is 399 g/mol. The van der Waals surface area contributed by atoms with Crippen LogP contribution in [-0.4, -0.2) is 24.2 Å². The van der Waals surface area contributed by atoms with Crippen LogP contribution in [0.25, 0.3) is 0 Å². The molecule has 0 amide bonds. The standard InChI is InChI=1S/C10H15O.3C4H9.Sn/c11-9-5-4-8-10(9)6-2-1-3-7-10;3*1-3-4-2;/h4H,1-3,5-8H2;3*1,3-4H2,2H3;. The number of Topliss-reactive ketones (excluding diaryl/α,β-unsaturated/α-hetero) is 1. The van der Waals surface area contributed by atoms with E-state index in [-0.39, 0.29) is 5.41 Å². The van der Waals surface area contributed by atoms with Crippen molar-refractivity contribution in [3.63, 3.8) is 0 Å². The molecule has 24 heavy (non-hydrogen) atoms. The molecule has 140 valence electrons. The number of hydrogen-bond acceptors (Lipinski definition) is 1. The van der Waals surface area contributed by atoms with E-state index in [1.165, 1.54) is 77.0 Å². The Balaban J connectivity index is 2.19. The Morgan fingerprint density at radius 2 is 1.38 bits per heavy atom. The van der Waals surface area contributed by atoms with Crippen LogP contribution in [0, 0.1) is 5.41 Å². The average molecular weight is 441 g/mol. The van der Waals surface area contributed by atoms with Crippen molar-refractivity contribution in [3.8, 4) is 0 Å². The van der Waals surface area contributed by atoms with E-state index in [2.05, 4.69) is 20.8 Å². The van der Waals surface area contributed by atoms with E-state index in [9.17, 15) is 4.79 Å². The van der Waals surface area contributed by atoms with E-state index in [0.717, 1.165) is 10.4 Å². The van der Waals surface area contributed by atoms with Crippen molar-refractivity contribution in [2.24, 2.45) is 5.41 Å². The van der Waals surface area contributed by atoms with Gasteiger partial charge >= 0.3 is 156 Å². The van der Waals surface area contributed by atoms with Crippen LogP contribution in [0.5, 0.6) is 0 Å². The molecule has 1 spiro atoms. The average Bonchev–Trinajstić information content (AvgIpc) is 2.92. The summed E-state index contributed by atoms with van der Waals surface area (Å²) in [5.74, 6) is 0.706. The van der Waals surface area contributed by atoms with Crippen LogP contribution in [0.1, 0.15) is 104 Å². The van der Waals surface area contributed by atoms with Crippen molar-refractivity contribution in [1.29, 1.82) is 0 Å². The molecule has 0 heterocycles. The SMILES string of the molecule is CCC[CH2][Sn]([CH2]CCC)([CH2]CCC)[CH]1CC(=O)C2(CCCCC2)C1. The summed E-state index contributed by atoms with van der Waals surface area (Å²) in [6.07, 6.45) is 17.2. The molecule has 0 saturated heterocycles. The van der Waals surface area contributed by atoms with Gasteiger partial charge in [0.2, 0.25) is 0 Å². The molecule has 2 saturated carbocycles. The van der Waals surface area contributed by atoms with Gasteiger partial charge in [0, 0.05) is 0 Å². The number of carbonyl (C=O) groups excluding carboxylic acids is 1. The summed E-state index contributed by atoms with van der Waals surface area (Å²) in [6.45, 7) is 7.08. The summed E-state index contributed by atoms with van der Waals surface area (Å²) in [5, 5.41) is 0. The second-order valence-electron chi connectivity index (χ2n) is 9.04. The second kappa shape index (κ2) is 9.97. The predicted molar refractivity (Wildman–Crippen MR) is 108 cm³/mol. The number of rotatable bonds is 10. The third kappa shape index (κ3) is 4.80. The van der Waals surface area contributed by atoms with Gasteiger partial charge in [-0.2, -0.15) is 0 Å². The van der Waals surface area contributed by atoms with Gasteiger partial charge in [-0.1, -0.05) is 0 Å². The summed E-state index contributed by atoms with van der Waals surface area (Å²) < 4.78 is 5.65. The van der Waals surface area contributed by atoms with Crippen LogP contribution in [0.4, 0.5) is 0 Å². The third-order valence-corrected chi connectivity index (χ3v) is 25.1. The van der Waals surface area contributed by atoms with Crippen molar-refractivity contribution in [2.75, 3.05) is 0 Å². The molecule has 0 aliphatic heterocycles. The van der Waals surface area contributed by atoms with E-state index in [4.69, 9.17) is 0 Å². The Morgan fingerprint density at radius 3 is 1.83 bits per heavy atom. The molecule has 0 aromatic rings. The van der Waals surface area contributed by atoms with Crippen LogP contribution in [0.2, 0.25) is 17.2 Å². The van der Waals surface area contributed by atoms with Crippen LogP contribution in [-0.2, 0) is 4.79 Å². The zero-order chi connectivity index (χ0) is 17.5. The first kappa shape index (κ1) is 20.8. The van der Waals surface area contributed by atoms with Gasteiger partial charge < -0.3 is 0 Å². The molecule has 2 aliphatic carbocycles. The Kier molecular flexibility index (Phi) is 8.63. The predicted octanol–water partition coefficient (Wildman–Crippen LogP) is 7.52. The fourth-order valence-corrected chi connectivity index (χ4v) is 24.6. The van der Waals surface area contributed by atoms with Crippen molar-refractivity contribution in [1.82, 2.24) is 0 Å². The van der Waals surface area contributed by atoms with Gasteiger partial charge in [-0.3, -0.25) is 0 Å². The molecule has 0 bridgehead atoms. The monoisotopic (exact) mass is 442 g/mol. The van der Waals surface area contributed by atoms with E-state index in [0.29, 0.717) is 5.78 Å². The van der Waals surface area contributed by atoms with Crippen LogP contribution in [0.3, 0.4) is 0 Å². The molecule has 1 unspecified atom stereocenters. The summed E-state index contributed by atoms with van der Waals surface area (Å²) in [6, 6.07) is 0. The van der Waals surface area contributed by atoms with Gasteiger partial charge in [0.15, 0.2) is 0 Å². The fraction of sp³-hybridized carbons (Fsp3) is 0.955. The molecule has 0 radical (unpaired) electrons. The quantitative estimate of drug-likeness (QED) is 0.321. The first-order valence-corrected chi connectivity index (χ1v) is 18.9. The van der Waals surface area contributed by atoms with E-state index in [1.54, 1.807) is 13.3 Å². The first-order chi connectivity index (χ1) is 11.6. The molecule has 0 aromatic heterocycles. The van der Waals surface area contributed by atoms with Gasteiger partial charge in [0.1, 0.15) is 0 Å². The molecule has 1 nitrogen and oxygen atoms in total. The Labute approximate surface area is 155 Å². The molecule has 1 atom stereocenters. The maximum atomic E-state index is 13.1. The van der Waals surface area contributed by atoms with E-state index in [1.807, 2.05) is 0 Å². The summed E-state index contributed by atoms with van der Waals surface area (Å²) in [4.78, 5) is 13.1. The molecule has 2 aliphatic rings. The van der Waals surface area contributed by atoms with Crippen molar-refractivity contribution >= 4 is 24.2 Å². The van der Waals surface area contributed by atoms with Crippen molar-refractivity contribution in [2.45, 2.75) is 121 Å². The van der Waals surface area contributed by atoms with E-state index < -0.39 is 18.4 Å². The molecule has 2 fully saturated rings. The number of carbonyl (C=O) groups is 1. The molecule has 0 N–H and O–H groups in total. The molecule has 0 aromatic carbocycles. The summed E-state index contributed by atoms with van der Waals surface area (Å²) in [7, 11) is 0. The van der Waals surface area contributed by atoms with Gasteiger partial charge in [-0.25, -0.2) is 0 Å². The minimum absolute atomic E-state index is 0.162. The first-order valence-electron chi connectivity index (χ1n) is 11.2. The summed E-state index contributed by atoms with van der Waals surface area (Å²) in [5.41, 5.74) is 0.162. The molecule has 2 heteroatoms. The van der Waals surface area contributed by atoms with Crippen molar-refractivity contribution < 1.29 is 4.79 Å².